The molecule has 0 amide bonds. The van der Waals surface area contributed by atoms with E-state index in [9.17, 15) is 0 Å². The van der Waals surface area contributed by atoms with E-state index in [0.717, 1.165) is 12.2 Å². The number of nitrogens with zero attached hydrogens (tertiary/aromatic N) is 1. The first-order chi connectivity index (χ1) is 8.11. The number of thioether (sulfide) groups is 1. The van der Waals surface area contributed by atoms with E-state index in [1.807, 2.05) is 11.8 Å². The Kier molecular flexibility index (Phi) is 5.86. The molecule has 96 valence electrons. The van der Waals surface area contributed by atoms with Crippen LogP contribution in [0.3, 0.4) is 0 Å². The van der Waals surface area contributed by atoms with Gasteiger partial charge in [-0.15, -0.1) is 0 Å². The van der Waals surface area contributed by atoms with Crippen LogP contribution in [0.2, 0.25) is 0 Å². The molecule has 0 spiro atoms. The molecule has 17 heavy (non-hydrogen) atoms. The van der Waals surface area contributed by atoms with Crippen molar-refractivity contribution in [2.45, 2.75) is 32.4 Å². The average molecular weight is 252 g/mol. The van der Waals surface area contributed by atoms with E-state index >= 15 is 0 Å². The fraction of sp³-hybridized carbons (Fsp3) is 0.571. The van der Waals surface area contributed by atoms with Crippen molar-refractivity contribution in [2.75, 3.05) is 24.0 Å². The van der Waals surface area contributed by atoms with Gasteiger partial charge in [0.15, 0.2) is 0 Å². The van der Waals surface area contributed by atoms with E-state index in [1.54, 1.807) is 0 Å². The minimum atomic E-state index is 0.134. The van der Waals surface area contributed by atoms with E-state index in [1.165, 1.54) is 11.3 Å². The molecule has 0 saturated carbocycles. The zero-order chi connectivity index (χ0) is 12.8. The molecular formula is C14H24N2S. The first-order valence-corrected chi connectivity index (χ1v) is 7.57. The summed E-state index contributed by atoms with van der Waals surface area (Å²) < 4.78 is 0. The van der Waals surface area contributed by atoms with Gasteiger partial charge in [0.25, 0.3) is 0 Å². The van der Waals surface area contributed by atoms with Gasteiger partial charge in [0.05, 0.1) is 0 Å². The van der Waals surface area contributed by atoms with Crippen molar-refractivity contribution in [3.05, 3.63) is 29.8 Å². The minimum absolute atomic E-state index is 0.134. The summed E-state index contributed by atoms with van der Waals surface area (Å²) in [6.45, 7) is 4.39. The zero-order valence-electron chi connectivity index (χ0n) is 11.3. The van der Waals surface area contributed by atoms with Crippen LogP contribution in [-0.2, 0) is 0 Å². The van der Waals surface area contributed by atoms with Crippen LogP contribution < -0.4 is 10.6 Å². The molecule has 0 aliphatic heterocycles. The maximum Gasteiger partial charge on any atom is 0.0414 e. The summed E-state index contributed by atoms with van der Waals surface area (Å²) >= 11 is 1.88. The van der Waals surface area contributed by atoms with Gasteiger partial charge in [0, 0.05) is 30.6 Å². The molecule has 0 aliphatic rings. The van der Waals surface area contributed by atoms with Gasteiger partial charge >= 0.3 is 0 Å². The van der Waals surface area contributed by atoms with E-state index in [0.29, 0.717) is 6.04 Å². The lowest BCUT2D eigenvalue weighted by atomic mass is 10.0. The molecule has 3 heteroatoms. The number of hydrogen-bond acceptors (Lipinski definition) is 3. The SMILES string of the molecule is CCC(N)c1ccccc1N(C)C(C)CSC. The topological polar surface area (TPSA) is 29.3 Å². The van der Waals surface area contributed by atoms with Crippen molar-refractivity contribution in [3.63, 3.8) is 0 Å². The number of nitrogens with two attached hydrogens (primary N) is 1. The predicted octanol–water partition coefficient (Wildman–Crippen LogP) is 3.28. The molecule has 0 bridgehead atoms. The second kappa shape index (κ2) is 6.92. The van der Waals surface area contributed by atoms with Crippen LogP contribution in [0.4, 0.5) is 5.69 Å². The number of rotatable bonds is 6. The van der Waals surface area contributed by atoms with Crippen molar-refractivity contribution in [3.8, 4) is 0 Å². The summed E-state index contributed by atoms with van der Waals surface area (Å²) in [4.78, 5) is 2.33. The monoisotopic (exact) mass is 252 g/mol. The smallest absolute Gasteiger partial charge is 0.0414 e. The maximum absolute atomic E-state index is 6.18. The Morgan fingerprint density at radius 3 is 2.59 bits per heavy atom. The van der Waals surface area contributed by atoms with Crippen LogP contribution in [-0.4, -0.2) is 25.1 Å². The average Bonchev–Trinajstić information content (AvgIpc) is 2.37. The van der Waals surface area contributed by atoms with Crippen molar-refractivity contribution in [1.29, 1.82) is 0 Å². The number of hydrogen-bond donors (Lipinski definition) is 1. The van der Waals surface area contributed by atoms with Crippen molar-refractivity contribution >= 4 is 17.4 Å². The Morgan fingerprint density at radius 1 is 1.35 bits per heavy atom. The second-order valence-corrected chi connectivity index (χ2v) is 5.40. The summed E-state index contributed by atoms with van der Waals surface area (Å²) in [5.41, 5.74) is 8.70. The molecule has 0 heterocycles. The Morgan fingerprint density at radius 2 is 2.00 bits per heavy atom. The highest BCUT2D eigenvalue weighted by molar-refractivity contribution is 7.98. The molecule has 1 aromatic rings. The van der Waals surface area contributed by atoms with E-state index < -0.39 is 0 Å². The van der Waals surface area contributed by atoms with E-state index in [-0.39, 0.29) is 6.04 Å². The number of anilines is 1. The molecule has 2 nitrogen and oxygen atoms in total. The maximum atomic E-state index is 6.18. The Balaban J connectivity index is 2.96. The van der Waals surface area contributed by atoms with Crippen LogP contribution in [0.5, 0.6) is 0 Å². The second-order valence-electron chi connectivity index (χ2n) is 4.49. The van der Waals surface area contributed by atoms with Gasteiger partial charge in [-0.05, 0) is 31.2 Å². The third-order valence-corrected chi connectivity index (χ3v) is 4.04. The van der Waals surface area contributed by atoms with Gasteiger partial charge in [-0.25, -0.2) is 0 Å². The molecule has 2 N–H and O–H groups in total. The largest absolute Gasteiger partial charge is 0.371 e. The van der Waals surface area contributed by atoms with Crippen LogP contribution in [0, 0.1) is 0 Å². The van der Waals surface area contributed by atoms with Crippen molar-refractivity contribution < 1.29 is 0 Å². The summed E-state index contributed by atoms with van der Waals surface area (Å²) in [5, 5.41) is 0. The fourth-order valence-electron chi connectivity index (χ4n) is 1.93. The van der Waals surface area contributed by atoms with Gasteiger partial charge in [-0.3, -0.25) is 0 Å². The summed E-state index contributed by atoms with van der Waals surface area (Å²) in [5.74, 6) is 1.13. The third-order valence-electron chi connectivity index (χ3n) is 3.23. The lowest BCUT2D eigenvalue weighted by Crippen LogP contribution is -2.32. The van der Waals surface area contributed by atoms with Crippen molar-refractivity contribution in [1.82, 2.24) is 0 Å². The summed E-state index contributed by atoms with van der Waals surface area (Å²) in [6, 6.07) is 9.13. The highest BCUT2D eigenvalue weighted by Crippen LogP contribution is 2.27. The standard InChI is InChI=1S/C14H24N2S/c1-5-13(15)12-8-6-7-9-14(12)16(3)11(2)10-17-4/h6-9,11,13H,5,10,15H2,1-4H3. The predicted molar refractivity (Wildman–Crippen MR) is 79.9 cm³/mol. The third kappa shape index (κ3) is 3.65. The van der Waals surface area contributed by atoms with Crippen LogP contribution in [0.1, 0.15) is 31.9 Å². The molecule has 0 aliphatic carbocycles. The number of para-hydroxylation sites is 1. The van der Waals surface area contributed by atoms with Crippen LogP contribution >= 0.6 is 11.8 Å². The Labute approximate surface area is 110 Å². The van der Waals surface area contributed by atoms with Gasteiger partial charge < -0.3 is 10.6 Å². The Hall–Kier alpha value is -0.670. The van der Waals surface area contributed by atoms with Crippen LogP contribution in [0.25, 0.3) is 0 Å². The fourth-order valence-corrected chi connectivity index (χ4v) is 2.64. The highest BCUT2D eigenvalue weighted by Gasteiger charge is 2.15. The lowest BCUT2D eigenvalue weighted by Gasteiger charge is -2.30. The zero-order valence-corrected chi connectivity index (χ0v) is 12.1. The molecule has 0 fully saturated rings. The summed E-state index contributed by atoms with van der Waals surface area (Å²) in [6.07, 6.45) is 3.12. The molecule has 1 rings (SSSR count). The normalized spacial score (nSPS) is 14.4. The molecule has 0 radical (unpaired) electrons. The molecule has 0 aromatic heterocycles. The van der Waals surface area contributed by atoms with Gasteiger partial charge in [-0.1, -0.05) is 25.1 Å². The molecule has 0 saturated heterocycles. The van der Waals surface area contributed by atoms with Crippen molar-refractivity contribution in [2.24, 2.45) is 5.73 Å². The molecule has 2 atom stereocenters. The molecule has 2 unspecified atom stereocenters. The number of benzene rings is 1. The van der Waals surface area contributed by atoms with E-state index in [2.05, 4.69) is 56.3 Å². The lowest BCUT2D eigenvalue weighted by molar-refractivity contribution is 0.685. The quantitative estimate of drug-likeness (QED) is 0.842. The van der Waals surface area contributed by atoms with Gasteiger partial charge in [-0.2, -0.15) is 11.8 Å². The van der Waals surface area contributed by atoms with Crippen LogP contribution in [0.15, 0.2) is 24.3 Å². The minimum Gasteiger partial charge on any atom is -0.371 e. The summed E-state index contributed by atoms with van der Waals surface area (Å²) in [7, 11) is 2.15. The van der Waals surface area contributed by atoms with Gasteiger partial charge in [0.1, 0.15) is 0 Å². The first-order valence-electron chi connectivity index (χ1n) is 6.18. The molecular weight excluding hydrogens is 228 g/mol. The molecule has 1 aromatic carbocycles. The van der Waals surface area contributed by atoms with Gasteiger partial charge in [0.2, 0.25) is 0 Å². The first kappa shape index (κ1) is 14.4. The Bertz CT molecular complexity index is 341. The van der Waals surface area contributed by atoms with E-state index in [4.69, 9.17) is 5.73 Å². The highest BCUT2D eigenvalue weighted by atomic mass is 32.2.